The number of carbonyl (C=O) groups is 1. The highest BCUT2D eigenvalue weighted by Gasteiger charge is 2.23. The van der Waals surface area contributed by atoms with E-state index >= 15 is 0 Å². The number of rotatable bonds is 7. The molecule has 2 N–H and O–H groups in total. The van der Waals surface area contributed by atoms with Crippen molar-refractivity contribution < 1.29 is 17.9 Å². The van der Waals surface area contributed by atoms with Crippen LogP contribution in [0.2, 0.25) is 0 Å². The number of hydrogen-bond donors (Lipinski definition) is 2. The minimum Gasteiger partial charge on any atom is -0.497 e. The van der Waals surface area contributed by atoms with Crippen LogP contribution < -0.4 is 14.8 Å². The zero-order valence-electron chi connectivity index (χ0n) is 18.2. The van der Waals surface area contributed by atoms with Crippen LogP contribution in [0.3, 0.4) is 0 Å². The largest absolute Gasteiger partial charge is 0.497 e. The van der Waals surface area contributed by atoms with E-state index in [9.17, 15) is 13.2 Å². The average molecular weight is 472 g/mol. The Hall–Kier alpha value is -4.35. The first-order valence-electron chi connectivity index (χ1n) is 10.3. The fourth-order valence-corrected chi connectivity index (χ4v) is 4.76. The average Bonchev–Trinajstić information content (AvgIpc) is 2.87. The molecule has 0 aliphatic rings. The van der Waals surface area contributed by atoms with Gasteiger partial charge in [0.1, 0.15) is 16.7 Å². The van der Waals surface area contributed by atoms with Gasteiger partial charge in [-0.2, -0.15) is 0 Å². The molecular formula is C26H21N3O4S. The minimum absolute atomic E-state index is 0.00133. The molecule has 4 rings (SSSR count). The molecule has 34 heavy (non-hydrogen) atoms. The number of nitrogens with one attached hydrogen (secondary N) is 2. The number of sulfonamides is 1. The van der Waals surface area contributed by atoms with Crippen LogP contribution in [-0.2, 0) is 10.0 Å². The molecule has 1 heterocycles. The number of hydrogen-bond acceptors (Lipinski definition) is 5. The van der Waals surface area contributed by atoms with Gasteiger partial charge in [0.15, 0.2) is 0 Å². The second kappa shape index (κ2) is 9.65. The smallest absolute Gasteiger partial charge is 0.264 e. The van der Waals surface area contributed by atoms with Gasteiger partial charge in [-0.05, 0) is 35.9 Å². The third kappa shape index (κ3) is 4.70. The predicted octanol–water partition coefficient (Wildman–Crippen LogP) is 4.15. The topological polar surface area (TPSA) is 97.4 Å². The van der Waals surface area contributed by atoms with Gasteiger partial charge in [0.25, 0.3) is 15.9 Å². The molecule has 0 radical (unpaired) electrons. The van der Waals surface area contributed by atoms with Crippen molar-refractivity contribution in [3.8, 4) is 18.1 Å². The molecule has 0 saturated heterocycles. The molecule has 0 aliphatic heterocycles. The molecule has 3 aromatic carbocycles. The molecule has 0 saturated carbocycles. The lowest BCUT2D eigenvalue weighted by Gasteiger charge is -2.17. The molecule has 1 aromatic heterocycles. The standard InChI is InChI=1S/C26H21N3O4S/c1-3-22(18-9-5-4-6-10-18)28-26(30)21-17-20(33-2)14-15-23(21)29-34(31,32)24-13-7-11-19-12-8-16-27-25(19)24/h1,4-17,22,29H,2H3,(H,28,30). The molecule has 0 spiro atoms. The number of methoxy groups -OCH3 is 1. The van der Waals surface area contributed by atoms with E-state index < -0.39 is 22.0 Å². The second-order valence-corrected chi connectivity index (χ2v) is 8.98. The van der Waals surface area contributed by atoms with E-state index in [0.29, 0.717) is 16.7 Å². The van der Waals surface area contributed by atoms with Crippen molar-refractivity contribution in [3.63, 3.8) is 0 Å². The Bertz CT molecular complexity index is 1490. The molecule has 0 aliphatic carbocycles. The van der Waals surface area contributed by atoms with Crippen LogP contribution in [0.25, 0.3) is 10.9 Å². The molecular weight excluding hydrogens is 450 g/mol. The van der Waals surface area contributed by atoms with Gasteiger partial charge in [-0.15, -0.1) is 6.42 Å². The fraction of sp³-hybridized carbons (Fsp3) is 0.0769. The first-order chi connectivity index (χ1) is 16.4. The number of ether oxygens (including phenoxy) is 1. The number of amides is 1. The van der Waals surface area contributed by atoms with Gasteiger partial charge in [0.05, 0.1) is 23.9 Å². The van der Waals surface area contributed by atoms with E-state index in [4.69, 9.17) is 11.2 Å². The number of aromatic nitrogens is 1. The quantitative estimate of drug-likeness (QED) is 0.395. The van der Waals surface area contributed by atoms with Crippen molar-refractivity contribution in [2.24, 2.45) is 0 Å². The number of para-hydroxylation sites is 1. The van der Waals surface area contributed by atoms with Crippen molar-refractivity contribution >= 4 is 32.5 Å². The summed E-state index contributed by atoms with van der Waals surface area (Å²) in [5.74, 6) is 2.38. The van der Waals surface area contributed by atoms with Crippen molar-refractivity contribution in [2.75, 3.05) is 11.8 Å². The van der Waals surface area contributed by atoms with Gasteiger partial charge < -0.3 is 10.1 Å². The maximum Gasteiger partial charge on any atom is 0.264 e. The minimum atomic E-state index is -4.08. The van der Waals surface area contributed by atoms with Crippen molar-refractivity contribution in [2.45, 2.75) is 10.9 Å². The molecule has 170 valence electrons. The molecule has 7 nitrogen and oxygen atoms in total. The number of fused-ring (bicyclic) bond motifs is 1. The van der Waals surface area contributed by atoms with Crippen LogP contribution in [0, 0.1) is 12.3 Å². The maximum absolute atomic E-state index is 13.3. The van der Waals surface area contributed by atoms with Gasteiger partial charge in [-0.3, -0.25) is 14.5 Å². The van der Waals surface area contributed by atoms with Gasteiger partial charge in [0.2, 0.25) is 0 Å². The first-order valence-corrected chi connectivity index (χ1v) is 11.8. The molecule has 1 unspecified atom stereocenters. The molecule has 8 heteroatoms. The van der Waals surface area contributed by atoms with Crippen LogP contribution >= 0.6 is 0 Å². The lowest BCUT2D eigenvalue weighted by atomic mass is 10.1. The number of anilines is 1. The lowest BCUT2D eigenvalue weighted by molar-refractivity contribution is 0.0946. The number of pyridine rings is 1. The van der Waals surface area contributed by atoms with Gasteiger partial charge in [0, 0.05) is 11.6 Å². The van der Waals surface area contributed by atoms with E-state index in [1.165, 1.54) is 31.5 Å². The predicted molar refractivity (Wildman–Crippen MR) is 131 cm³/mol. The van der Waals surface area contributed by atoms with Crippen LogP contribution in [0.5, 0.6) is 5.75 Å². The first kappa shape index (κ1) is 22.8. The third-order valence-electron chi connectivity index (χ3n) is 5.18. The molecule has 0 bridgehead atoms. The highest BCUT2D eigenvalue weighted by molar-refractivity contribution is 7.93. The molecule has 1 amide bonds. The zero-order chi connectivity index (χ0) is 24.1. The van der Waals surface area contributed by atoms with Crippen LogP contribution in [-0.4, -0.2) is 26.4 Å². The highest BCUT2D eigenvalue weighted by atomic mass is 32.2. The second-order valence-electron chi connectivity index (χ2n) is 7.33. The number of nitrogens with zero attached hydrogens (tertiary/aromatic N) is 1. The summed E-state index contributed by atoms with van der Waals surface area (Å²) in [7, 11) is -2.62. The Kier molecular flexibility index (Phi) is 6.48. The normalized spacial score (nSPS) is 11.9. The number of terminal acetylenes is 1. The molecule has 1 atom stereocenters. The van der Waals surface area contributed by atoms with Crippen molar-refractivity contribution in [1.82, 2.24) is 10.3 Å². The molecule has 0 fully saturated rings. The summed E-state index contributed by atoms with van der Waals surface area (Å²) in [5.41, 5.74) is 1.20. The van der Waals surface area contributed by atoms with Crippen LogP contribution in [0.15, 0.2) is 90.0 Å². The Morgan fingerprint density at radius 1 is 1.03 bits per heavy atom. The van der Waals surface area contributed by atoms with Crippen molar-refractivity contribution in [1.29, 1.82) is 0 Å². The SMILES string of the molecule is C#CC(NC(=O)c1cc(OC)ccc1NS(=O)(=O)c1cccc2cccnc12)c1ccccc1. The summed E-state index contributed by atoms with van der Waals surface area (Å²) in [6.45, 7) is 0. The summed E-state index contributed by atoms with van der Waals surface area (Å²) in [6, 6.07) is 21.2. The fourth-order valence-electron chi connectivity index (χ4n) is 3.50. The summed E-state index contributed by atoms with van der Waals surface area (Å²) in [6.07, 6.45) is 7.17. The van der Waals surface area contributed by atoms with Crippen LogP contribution in [0.4, 0.5) is 5.69 Å². The summed E-state index contributed by atoms with van der Waals surface area (Å²) in [4.78, 5) is 17.4. The summed E-state index contributed by atoms with van der Waals surface area (Å²) in [5, 5.41) is 3.45. The zero-order valence-corrected chi connectivity index (χ0v) is 19.0. The van der Waals surface area contributed by atoms with E-state index in [1.54, 1.807) is 42.5 Å². The number of benzene rings is 3. The third-order valence-corrected chi connectivity index (χ3v) is 6.57. The Morgan fingerprint density at radius 3 is 2.53 bits per heavy atom. The van der Waals surface area contributed by atoms with Crippen LogP contribution in [0.1, 0.15) is 22.0 Å². The Morgan fingerprint density at radius 2 is 1.79 bits per heavy atom. The van der Waals surface area contributed by atoms with E-state index in [-0.39, 0.29) is 16.1 Å². The van der Waals surface area contributed by atoms with E-state index in [1.807, 2.05) is 18.2 Å². The Balaban J connectivity index is 1.70. The monoisotopic (exact) mass is 471 g/mol. The van der Waals surface area contributed by atoms with Gasteiger partial charge in [-0.25, -0.2) is 8.42 Å². The van der Waals surface area contributed by atoms with E-state index in [0.717, 1.165) is 5.56 Å². The van der Waals surface area contributed by atoms with Gasteiger partial charge in [-0.1, -0.05) is 54.5 Å². The lowest BCUT2D eigenvalue weighted by Crippen LogP contribution is -2.29. The van der Waals surface area contributed by atoms with Gasteiger partial charge >= 0.3 is 0 Å². The number of carbonyl (C=O) groups excluding carboxylic acids is 1. The van der Waals surface area contributed by atoms with Crippen molar-refractivity contribution in [3.05, 3.63) is 96.2 Å². The molecule has 4 aromatic rings. The Labute approximate surface area is 197 Å². The maximum atomic E-state index is 13.3. The highest BCUT2D eigenvalue weighted by Crippen LogP contribution is 2.28. The summed E-state index contributed by atoms with van der Waals surface area (Å²) >= 11 is 0. The summed E-state index contributed by atoms with van der Waals surface area (Å²) < 4.78 is 34.4. The van der Waals surface area contributed by atoms with E-state index in [2.05, 4.69) is 20.9 Å².